The summed E-state index contributed by atoms with van der Waals surface area (Å²) in [4.78, 5) is 31.8. The Morgan fingerprint density at radius 2 is 1.89 bits per heavy atom. The minimum atomic E-state index is -0.113. The van der Waals surface area contributed by atoms with Crippen LogP contribution in [0.25, 0.3) is 0 Å². The van der Waals surface area contributed by atoms with Crippen molar-refractivity contribution in [3.05, 3.63) is 23.8 Å². The Balaban J connectivity index is 1.87. The summed E-state index contributed by atoms with van der Waals surface area (Å²) in [5.41, 5.74) is 1.12. The number of fused-ring (bicyclic) bond motifs is 1. The highest BCUT2D eigenvalue weighted by atomic mass is 16.5. The summed E-state index contributed by atoms with van der Waals surface area (Å²) in [7, 11) is 7.25. The maximum Gasteiger partial charge on any atom is 0.257 e. The summed E-state index contributed by atoms with van der Waals surface area (Å²) in [6, 6.07) is 5.47. The van der Waals surface area contributed by atoms with Crippen LogP contribution in [0, 0.1) is 11.8 Å². The van der Waals surface area contributed by atoms with Crippen LogP contribution in [-0.4, -0.2) is 99.7 Å². The molecule has 1 saturated carbocycles. The van der Waals surface area contributed by atoms with E-state index in [0.717, 1.165) is 19.0 Å². The molecule has 202 valence electrons. The molecule has 2 amide bonds. The molecule has 0 bridgehead atoms. The first kappa shape index (κ1) is 28.4. The monoisotopic (exact) mass is 502 g/mol. The van der Waals surface area contributed by atoms with Crippen LogP contribution >= 0.6 is 0 Å². The first-order valence-corrected chi connectivity index (χ1v) is 13.4. The third kappa shape index (κ3) is 7.92. The minimum Gasteiger partial charge on any atom is -0.491 e. The summed E-state index contributed by atoms with van der Waals surface area (Å²) in [6.45, 7) is 7.64. The number of hydrogen-bond acceptors (Lipinski definition) is 6. The lowest BCUT2D eigenvalue weighted by atomic mass is 9.88. The summed E-state index contributed by atoms with van der Waals surface area (Å²) < 4.78 is 12.2. The van der Waals surface area contributed by atoms with Gasteiger partial charge in [-0.15, -0.1) is 0 Å². The van der Waals surface area contributed by atoms with Gasteiger partial charge in [0, 0.05) is 51.6 Å². The van der Waals surface area contributed by atoms with Gasteiger partial charge in [-0.05, 0) is 57.8 Å². The smallest absolute Gasteiger partial charge is 0.257 e. The lowest BCUT2D eigenvalue weighted by molar-refractivity contribution is -0.116. The maximum atomic E-state index is 13.4. The summed E-state index contributed by atoms with van der Waals surface area (Å²) in [5.74, 6) is 1.27. The molecule has 2 aliphatic rings. The van der Waals surface area contributed by atoms with Gasteiger partial charge in [0.05, 0.1) is 18.2 Å². The number of nitrogens with one attached hydrogen (secondary N) is 1. The average molecular weight is 503 g/mol. The fourth-order valence-corrected chi connectivity index (χ4v) is 5.37. The number of likely N-dealkylation sites (N-methyl/N-ethyl adjacent to an activating group) is 2. The largest absolute Gasteiger partial charge is 0.491 e. The molecule has 0 radical (unpaired) electrons. The van der Waals surface area contributed by atoms with Gasteiger partial charge in [-0.1, -0.05) is 26.2 Å². The van der Waals surface area contributed by atoms with Crippen molar-refractivity contribution in [3.63, 3.8) is 0 Å². The molecule has 1 aliphatic heterocycles. The van der Waals surface area contributed by atoms with Gasteiger partial charge in [-0.2, -0.15) is 0 Å². The van der Waals surface area contributed by atoms with Crippen molar-refractivity contribution in [2.45, 2.75) is 58.1 Å². The third-order valence-corrected chi connectivity index (χ3v) is 7.54. The topological polar surface area (TPSA) is 74.3 Å². The molecule has 1 aromatic rings. The maximum absolute atomic E-state index is 13.4. The molecule has 1 aliphatic carbocycles. The molecule has 1 aromatic carbocycles. The molecule has 0 saturated heterocycles. The highest BCUT2D eigenvalue weighted by molar-refractivity contribution is 5.98. The van der Waals surface area contributed by atoms with Gasteiger partial charge in [0.15, 0.2) is 0 Å². The second-order valence-electron chi connectivity index (χ2n) is 11.1. The Morgan fingerprint density at radius 3 is 2.56 bits per heavy atom. The summed E-state index contributed by atoms with van der Waals surface area (Å²) in [5, 5.41) is 2.92. The quantitative estimate of drug-likeness (QED) is 0.641. The Bertz CT molecular complexity index is 871. The second-order valence-corrected chi connectivity index (χ2v) is 11.1. The molecule has 0 unspecified atom stereocenters. The van der Waals surface area contributed by atoms with E-state index in [-0.39, 0.29) is 36.4 Å². The van der Waals surface area contributed by atoms with Crippen LogP contribution in [0.4, 0.5) is 5.69 Å². The van der Waals surface area contributed by atoms with Crippen LogP contribution in [0.3, 0.4) is 0 Å². The SMILES string of the molecule is CO[C@@H]1CN(C)C(=O)c2ccc(NC(=O)CN(C)C)cc2OC[C@@H](C)N(CC2CCCCC2)C[C@H]1C. The molecule has 0 spiro atoms. The zero-order valence-corrected chi connectivity index (χ0v) is 23.1. The van der Waals surface area contributed by atoms with Crippen LogP contribution in [0.5, 0.6) is 5.75 Å². The number of methoxy groups -OCH3 is 1. The zero-order valence-electron chi connectivity index (χ0n) is 23.1. The number of hydrogen-bond donors (Lipinski definition) is 1. The van der Waals surface area contributed by atoms with Crippen molar-refractivity contribution in [2.75, 3.05) is 66.4 Å². The van der Waals surface area contributed by atoms with Crippen molar-refractivity contribution in [2.24, 2.45) is 11.8 Å². The second kappa shape index (κ2) is 13.4. The number of rotatable bonds is 6. The van der Waals surface area contributed by atoms with Gasteiger partial charge in [0.25, 0.3) is 5.91 Å². The Kier molecular flexibility index (Phi) is 10.6. The van der Waals surface area contributed by atoms with E-state index in [1.54, 1.807) is 30.2 Å². The van der Waals surface area contributed by atoms with Crippen LogP contribution in [0.1, 0.15) is 56.3 Å². The highest BCUT2D eigenvalue weighted by Gasteiger charge is 2.29. The summed E-state index contributed by atoms with van der Waals surface area (Å²) >= 11 is 0. The van der Waals surface area contributed by atoms with E-state index >= 15 is 0 Å². The number of carbonyl (C=O) groups excluding carboxylic acids is 2. The molecule has 3 atom stereocenters. The van der Waals surface area contributed by atoms with Gasteiger partial charge in [0.1, 0.15) is 12.4 Å². The van der Waals surface area contributed by atoms with Crippen LogP contribution in [-0.2, 0) is 9.53 Å². The molecule has 8 heteroatoms. The van der Waals surface area contributed by atoms with E-state index in [0.29, 0.717) is 30.2 Å². The summed E-state index contributed by atoms with van der Waals surface area (Å²) in [6.07, 6.45) is 6.52. The van der Waals surface area contributed by atoms with Crippen LogP contribution < -0.4 is 10.1 Å². The molecule has 36 heavy (non-hydrogen) atoms. The molecule has 0 aromatic heterocycles. The fourth-order valence-electron chi connectivity index (χ4n) is 5.37. The van der Waals surface area contributed by atoms with E-state index in [4.69, 9.17) is 9.47 Å². The molecule has 1 N–H and O–H groups in total. The van der Waals surface area contributed by atoms with Crippen LogP contribution in [0.15, 0.2) is 18.2 Å². The molecule has 1 fully saturated rings. The zero-order chi connectivity index (χ0) is 26.2. The normalized spacial score (nSPS) is 25.0. The van der Waals surface area contributed by atoms with E-state index < -0.39 is 0 Å². The lowest BCUT2D eigenvalue weighted by Gasteiger charge is -2.38. The number of ether oxygens (including phenoxy) is 2. The van der Waals surface area contributed by atoms with Crippen molar-refractivity contribution in [3.8, 4) is 5.75 Å². The number of benzene rings is 1. The van der Waals surface area contributed by atoms with E-state index in [1.807, 2.05) is 26.0 Å². The molecule has 8 nitrogen and oxygen atoms in total. The van der Waals surface area contributed by atoms with Gasteiger partial charge in [0.2, 0.25) is 5.91 Å². The Morgan fingerprint density at radius 1 is 1.17 bits per heavy atom. The first-order chi connectivity index (χ1) is 17.2. The van der Waals surface area contributed by atoms with E-state index in [2.05, 4.69) is 24.1 Å². The molecule has 1 heterocycles. The number of anilines is 1. The predicted molar refractivity (Wildman–Crippen MR) is 144 cm³/mol. The fraction of sp³-hybridized carbons (Fsp3) is 0.714. The van der Waals surface area contributed by atoms with Crippen molar-refractivity contribution in [1.82, 2.24) is 14.7 Å². The van der Waals surface area contributed by atoms with E-state index in [1.165, 1.54) is 32.1 Å². The third-order valence-electron chi connectivity index (χ3n) is 7.54. The highest BCUT2D eigenvalue weighted by Crippen LogP contribution is 2.29. The van der Waals surface area contributed by atoms with Gasteiger partial charge in [-0.3, -0.25) is 14.5 Å². The van der Waals surface area contributed by atoms with Gasteiger partial charge >= 0.3 is 0 Å². The molecule has 3 rings (SSSR count). The van der Waals surface area contributed by atoms with Crippen molar-refractivity contribution < 1.29 is 19.1 Å². The molecular formula is C28H46N4O4. The van der Waals surface area contributed by atoms with Crippen molar-refractivity contribution >= 4 is 17.5 Å². The molecular weight excluding hydrogens is 456 g/mol. The first-order valence-electron chi connectivity index (χ1n) is 13.4. The van der Waals surface area contributed by atoms with Gasteiger partial charge in [-0.25, -0.2) is 0 Å². The average Bonchev–Trinajstić information content (AvgIpc) is 2.84. The number of nitrogens with zero attached hydrogens (tertiary/aromatic N) is 3. The number of amides is 2. The van der Waals surface area contributed by atoms with E-state index in [9.17, 15) is 9.59 Å². The lowest BCUT2D eigenvalue weighted by Crippen LogP contribution is -2.48. The Labute approximate surface area is 217 Å². The van der Waals surface area contributed by atoms with Gasteiger partial charge < -0.3 is 24.6 Å². The van der Waals surface area contributed by atoms with Crippen LogP contribution in [0.2, 0.25) is 0 Å². The standard InChI is InChI=1S/C28H46N4O4/c1-20-15-32(16-22-10-8-7-9-11-22)21(2)19-36-25-14-23(29-27(33)18-30(3)4)12-13-24(25)28(34)31(5)17-26(20)35-6/h12-14,20-22,26H,7-11,15-19H2,1-6H3,(H,29,33)/t20-,21-,26-/m1/s1. The predicted octanol–water partition coefficient (Wildman–Crippen LogP) is 3.57. The number of carbonyl (C=O) groups is 2. The van der Waals surface area contributed by atoms with Crippen molar-refractivity contribution in [1.29, 1.82) is 0 Å². The Hall–Kier alpha value is -2.16. The minimum absolute atomic E-state index is 0.0617.